The highest BCUT2D eigenvalue weighted by atomic mass is 32.2. The minimum Gasteiger partial charge on any atom is -0.376 e. The van der Waals surface area contributed by atoms with E-state index in [-0.39, 0.29) is 22.3 Å². The Morgan fingerprint density at radius 3 is 2.77 bits per heavy atom. The van der Waals surface area contributed by atoms with Gasteiger partial charge in [0.2, 0.25) is 10.0 Å². The minimum atomic E-state index is -3.62. The van der Waals surface area contributed by atoms with E-state index in [2.05, 4.69) is 6.92 Å². The first-order valence-corrected chi connectivity index (χ1v) is 14.4. The summed E-state index contributed by atoms with van der Waals surface area (Å²) >= 11 is 1.30. The Hall–Kier alpha value is -2.01. The van der Waals surface area contributed by atoms with Crippen LogP contribution in [0.4, 0.5) is 8.78 Å². The van der Waals surface area contributed by atoms with Crippen LogP contribution in [0.3, 0.4) is 0 Å². The monoisotopic (exact) mass is 521 g/mol. The second-order valence-electron chi connectivity index (χ2n) is 9.43. The number of fused-ring (bicyclic) bond motifs is 1. The van der Waals surface area contributed by atoms with Crippen molar-refractivity contribution in [3.63, 3.8) is 0 Å². The minimum absolute atomic E-state index is 0.0379. The molecule has 2 saturated heterocycles. The number of piperidine rings is 1. The number of sulfonamides is 1. The summed E-state index contributed by atoms with van der Waals surface area (Å²) in [6.45, 7) is 4.40. The Morgan fingerprint density at radius 2 is 2.00 bits per heavy atom. The van der Waals surface area contributed by atoms with Crippen molar-refractivity contribution in [1.29, 1.82) is 0 Å². The lowest BCUT2D eigenvalue weighted by molar-refractivity contribution is 0.0960. The summed E-state index contributed by atoms with van der Waals surface area (Å²) in [7, 11) is -3.62. The van der Waals surface area contributed by atoms with Gasteiger partial charge in [-0.1, -0.05) is 18.7 Å². The number of halogens is 2. The Kier molecular flexibility index (Phi) is 7.16. The fourth-order valence-electron chi connectivity index (χ4n) is 4.84. The third kappa shape index (κ3) is 5.26. The van der Waals surface area contributed by atoms with Crippen LogP contribution < -0.4 is 0 Å². The largest absolute Gasteiger partial charge is 0.376 e. The number of hydrogen-bond donors (Lipinski definition) is 0. The maximum atomic E-state index is 14.2. The molecule has 2 unspecified atom stereocenters. The van der Waals surface area contributed by atoms with Gasteiger partial charge >= 0.3 is 0 Å². The average molecular weight is 522 g/mol. The molecule has 6 nitrogen and oxygen atoms in total. The first-order chi connectivity index (χ1) is 16.8. The highest BCUT2D eigenvalue weighted by Crippen LogP contribution is 2.32. The van der Waals surface area contributed by atoms with Crippen LogP contribution in [-0.2, 0) is 27.1 Å². The standard InChI is InChI=1S/C25H29F2N3O3S2/c1-17-4-2-10-29(14-17)35(31,32)21-7-9-24-23(13-21)28-25(30(24)15-20-5-3-11-33-20)34-16-18-12-19(26)6-8-22(18)27/h6-9,12-13,17,20H,2-5,10-11,14-16H2,1H3. The predicted molar refractivity (Wildman–Crippen MR) is 132 cm³/mol. The van der Waals surface area contributed by atoms with E-state index in [1.807, 2.05) is 4.57 Å². The van der Waals surface area contributed by atoms with Gasteiger partial charge in [0.15, 0.2) is 5.16 Å². The number of thioether (sulfide) groups is 1. The zero-order chi connectivity index (χ0) is 24.6. The Morgan fingerprint density at radius 1 is 1.14 bits per heavy atom. The number of imidazole rings is 1. The quantitative estimate of drug-likeness (QED) is 0.400. The van der Waals surface area contributed by atoms with Crippen LogP contribution in [0.25, 0.3) is 11.0 Å². The predicted octanol–water partition coefficient (Wildman–Crippen LogP) is 5.21. The van der Waals surface area contributed by atoms with Crippen LogP contribution in [0, 0.1) is 17.6 Å². The van der Waals surface area contributed by atoms with E-state index in [0.29, 0.717) is 42.8 Å². The molecule has 0 bridgehead atoms. The summed E-state index contributed by atoms with van der Waals surface area (Å²) in [4.78, 5) is 4.96. The van der Waals surface area contributed by atoms with E-state index in [1.54, 1.807) is 22.5 Å². The summed E-state index contributed by atoms with van der Waals surface area (Å²) in [6, 6.07) is 8.48. The molecule has 2 aliphatic heterocycles. The highest BCUT2D eigenvalue weighted by molar-refractivity contribution is 7.98. The fourth-order valence-corrected chi connectivity index (χ4v) is 7.45. The van der Waals surface area contributed by atoms with Gasteiger partial charge in [-0.3, -0.25) is 0 Å². The van der Waals surface area contributed by atoms with Gasteiger partial charge in [-0.25, -0.2) is 22.2 Å². The molecular formula is C25H29F2N3O3S2. The van der Waals surface area contributed by atoms with Crippen LogP contribution in [0.1, 0.15) is 38.2 Å². The van der Waals surface area contributed by atoms with E-state index in [0.717, 1.165) is 43.3 Å². The fraction of sp³-hybridized carbons (Fsp3) is 0.480. The molecule has 10 heteroatoms. The second kappa shape index (κ2) is 10.2. The Bertz CT molecular complexity index is 1320. The molecule has 3 heterocycles. The third-order valence-corrected chi connectivity index (χ3v) is 9.60. The number of nitrogens with zero attached hydrogens (tertiary/aromatic N) is 3. The number of benzene rings is 2. The molecule has 2 aliphatic rings. The van der Waals surface area contributed by atoms with Crippen molar-refractivity contribution < 1.29 is 21.9 Å². The smallest absolute Gasteiger partial charge is 0.243 e. The lowest BCUT2D eigenvalue weighted by Crippen LogP contribution is -2.39. The first kappa shape index (κ1) is 24.7. The summed E-state index contributed by atoms with van der Waals surface area (Å²) in [5.74, 6) is -0.421. The Labute approximate surface area is 208 Å². The first-order valence-electron chi connectivity index (χ1n) is 12.0. The lowest BCUT2D eigenvalue weighted by atomic mass is 10.0. The summed E-state index contributed by atoms with van der Waals surface area (Å²) in [5, 5.41) is 0.625. The molecule has 2 aromatic carbocycles. The van der Waals surface area contributed by atoms with Gasteiger partial charge < -0.3 is 9.30 Å². The van der Waals surface area contributed by atoms with E-state index < -0.39 is 21.7 Å². The molecule has 0 radical (unpaired) electrons. The molecule has 1 aromatic heterocycles. The molecular weight excluding hydrogens is 492 g/mol. The molecule has 0 amide bonds. The molecule has 0 N–H and O–H groups in total. The maximum Gasteiger partial charge on any atom is 0.243 e. The molecule has 35 heavy (non-hydrogen) atoms. The van der Waals surface area contributed by atoms with Gasteiger partial charge in [0.1, 0.15) is 11.6 Å². The zero-order valence-corrected chi connectivity index (χ0v) is 21.3. The van der Waals surface area contributed by atoms with Gasteiger partial charge in [0.25, 0.3) is 0 Å². The van der Waals surface area contributed by atoms with Crippen molar-refractivity contribution in [3.8, 4) is 0 Å². The topological polar surface area (TPSA) is 64.4 Å². The number of rotatable bonds is 7. The van der Waals surface area contributed by atoms with Crippen LogP contribution in [0.5, 0.6) is 0 Å². The van der Waals surface area contributed by atoms with E-state index in [9.17, 15) is 17.2 Å². The molecule has 3 aromatic rings. The maximum absolute atomic E-state index is 14.2. The molecule has 0 saturated carbocycles. The van der Waals surface area contributed by atoms with Crippen LogP contribution in [-0.4, -0.2) is 48.1 Å². The summed E-state index contributed by atoms with van der Waals surface area (Å²) in [6.07, 6.45) is 3.85. The summed E-state index contributed by atoms with van der Waals surface area (Å²) in [5.41, 5.74) is 1.62. The molecule has 0 spiro atoms. The Balaban J connectivity index is 1.48. The lowest BCUT2D eigenvalue weighted by Gasteiger charge is -2.30. The number of aromatic nitrogens is 2. The van der Waals surface area contributed by atoms with Crippen LogP contribution in [0.15, 0.2) is 46.5 Å². The van der Waals surface area contributed by atoms with Crippen molar-refractivity contribution >= 4 is 32.8 Å². The average Bonchev–Trinajstić information content (AvgIpc) is 3.47. The van der Waals surface area contributed by atoms with Gasteiger partial charge in [-0.15, -0.1) is 0 Å². The zero-order valence-electron chi connectivity index (χ0n) is 19.6. The van der Waals surface area contributed by atoms with Crippen LogP contribution in [0.2, 0.25) is 0 Å². The van der Waals surface area contributed by atoms with Gasteiger partial charge in [-0.05, 0) is 68.0 Å². The molecule has 5 rings (SSSR count). The van der Waals surface area contributed by atoms with Crippen molar-refractivity contribution in [2.24, 2.45) is 5.92 Å². The molecule has 188 valence electrons. The van der Waals surface area contributed by atoms with Gasteiger partial charge in [-0.2, -0.15) is 4.31 Å². The van der Waals surface area contributed by atoms with Crippen molar-refractivity contribution in [3.05, 3.63) is 53.6 Å². The van der Waals surface area contributed by atoms with Crippen molar-refractivity contribution in [2.45, 2.75) is 61.1 Å². The molecule has 2 atom stereocenters. The van der Waals surface area contributed by atoms with E-state index >= 15 is 0 Å². The second-order valence-corrected chi connectivity index (χ2v) is 12.3. The number of ether oxygens (including phenoxy) is 1. The molecule has 2 fully saturated rings. The number of hydrogen-bond acceptors (Lipinski definition) is 5. The van der Waals surface area contributed by atoms with Gasteiger partial charge in [0.05, 0.1) is 28.6 Å². The van der Waals surface area contributed by atoms with E-state index in [1.165, 1.54) is 17.8 Å². The third-order valence-electron chi connectivity index (χ3n) is 6.72. The van der Waals surface area contributed by atoms with Crippen molar-refractivity contribution in [2.75, 3.05) is 19.7 Å². The van der Waals surface area contributed by atoms with Crippen molar-refractivity contribution in [1.82, 2.24) is 13.9 Å². The summed E-state index contributed by atoms with van der Waals surface area (Å²) < 4.78 is 63.9. The highest BCUT2D eigenvalue weighted by Gasteiger charge is 2.29. The van der Waals surface area contributed by atoms with E-state index in [4.69, 9.17) is 9.72 Å². The molecule has 0 aliphatic carbocycles. The SMILES string of the molecule is CC1CCCN(S(=O)(=O)c2ccc3c(c2)nc(SCc2cc(F)ccc2F)n3CC2CCCO2)C1. The van der Waals surface area contributed by atoms with Crippen LogP contribution >= 0.6 is 11.8 Å². The van der Waals surface area contributed by atoms with Gasteiger partial charge in [0, 0.05) is 31.0 Å². The normalized spacial score (nSPS) is 21.7.